The van der Waals surface area contributed by atoms with Gasteiger partial charge in [0.1, 0.15) is 0 Å². The van der Waals surface area contributed by atoms with E-state index in [2.05, 4.69) is 30.7 Å². The van der Waals surface area contributed by atoms with Gasteiger partial charge < -0.3 is 0 Å². The molecule has 0 aliphatic carbocycles. The Morgan fingerprint density at radius 3 is 2.12 bits per heavy atom. The van der Waals surface area contributed by atoms with Crippen molar-refractivity contribution in [1.82, 2.24) is 0 Å². The normalized spacial score (nSPS) is 23.8. The van der Waals surface area contributed by atoms with Gasteiger partial charge in [-0.1, -0.05) is 0 Å². The molecule has 0 atom stereocenters. The van der Waals surface area contributed by atoms with E-state index in [4.69, 9.17) is 0 Å². The van der Waals surface area contributed by atoms with Crippen molar-refractivity contribution in [2.24, 2.45) is 0 Å². The summed E-state index contributed by atoms with van der Waals surface area (Å²) in [6.07, 6.45) is 0. The number of rotatable bonds is 4. The van der Waals surface area contributed by atoms with Crippen LogP contribution in [0.2, 0.25) is 0 Å². The van der Waals surface area contributed by atoms with Crippen LogP contribution in [0.4, 0.5) is 0 Å². The van der Waals surface area contributed by atoms with Crippen molar-refractivity contribution in [3.05, 3.63) is 26.6 Å². The summed E-state index contributed by atoms with van der Waals surface area (Å²) in [6, 6.07) is 0. The van der Waals surface area contributed by atoms with Crippen molar-refractivity contribution in [3.8, 4) is 0 Å². The minimum atomic E-state index is -1.25. The summed E-state index contributed by atoms with van der Waals surface area (Å²) >= 11 is 5.38. The zero-order valence-electron chi connectivity index (χ0n) is 7.99. The summed E-state index contributed by atoms with van der Waals surface area (Å²) in [7, 11) is -1.25. The van der Waals surface area contributed by atoms with Gasteiger partial charge in [-0.05, 0) is 0 Å². The van der Waals surface area contributed by atoms with E-state index in [9.17, 15) is 0 Å². The molecule has 0 aromatic heterocycles. The maximum absolute atomic E-state index is 4.21. The van der Waals surface area contributed by atoms with Crippen LogP contribution in [0.1, 0.15) is 0 Å². The molecule has 0 amide bonds. The quantitative estimate of drug-likeness (QED) is 0.303. The molecule has 0 spiro atoms. The molecule has 88 valence electrons. The molecule has 0 aromatic rings. The molecule has 2 heterocycles. The molecule has 2 radical (unpaired) electrons. The number of hydrogen-bond donors (Lipinski definition) is 0. The van der Waals surface area contributed by atoms with Crippen LogP contribution >= 0.6 is 0 Å². The van der Waals surface area contributed by atoms with Gasteiger partial charge >= 0.3 is 140 Å². The van der Waals surface area contributed by atoms with Crippen LogP contribution in [-0.4, -0.2) is 113 Å². The standard InChI is InChI=1S/C8H8Se8/c1-9-14-16(15-10-2)6-5-13-8(16)7-11-3-4-12-7/h3-6H,1-2H2. The van der Waals surface area contributed by atoms with E-state index < -0.39 is 9.19 Å². The molecule has 2 aliphatic heterocycles. The van der Waals surface area contributed by atoms with Crippen LogP contribution in [-0.2, 0) is 0 Å². The zero-order valence-corrected chi connectivity index (χ0v) is 21.7. The van der Waals surface area contributed by atoms with Crippen molar-refractivity contribution in [2.45, 2.75) is 0 Å². The molecule has 2 aliphatic rings. The van der Waals surface area contributed by atoms with E-state index in [1.165, 1.54) is 0 Å². The predicted octanol–water partition coefficient (Wildman–Crippen LogP) is -1.69. The van der Waals surface area contributed by atoms with Gasteiger partial charge in [-0.15, -0.1) is 0 Å². The monoisotopic (exact) mass is 743 g/mol. The van der Waals surface area contributed by atoms with Crippen molar-refractivity contribution < 1.29 is 0 Å². The summed E-state index contributed by atoms with van der Waals surface area (Å²) in [4.78, 5) is 10.2. The molecule has 0 N–H and O–H groups in total. The second-order valence-electron chi connectivity index (χ2n) is 2.39. The minimum absolute atomic E-state index is 0.683. The van der Waals surface area contributed by atoms with E-state index >= 15 is 0 Å². The SMILES string of the molecule is C=[Se][Se][Se]1([Se][Se]=C)C=C[Se]C1=C1[Se]C=C[Se]1. The van der Waals surface area contributed by atoms with Gasteiger partial charge in [0.2, 0.25) is 0 Å². The Labute approximate surface area is 137 Å². The fourth-order valence-corrected chi connectivity index (χ4v) is 152. The molecule has 0 nitrogen and oxygen atoms in total. The van der Waals surface area contributed by atoms with Crippen molar-refractivity contribution in [3.63, 3.8) is 0 Å². The second kappa shape index (κ2) is 7.78. The molecule has 2 rings (SSSR count). The van der Waals surface area contributed by atoms with E-state index in [0.29, 0.717) is 25.4 Å². The molecular weight excluding hydrogens is 728 g/mol. The maximum atomic E-state index is 4.21. The van der Waals surface area contributed by atoms with Gasteiger partial charge in [0.25, 0.3) is 0 Å². The molecule has 16 heavy (non-hydrogen) atoms. The Morgan fingerprint density at radius 2 is 1.56 bits per heavy atom. The first kappa shape index (κ1) is 15.5. The third kappa shape index (κ3) is 3.60. The van der Waals surface area contributed by atoms with E-state index in [-0.39, 0.29) is 0 Å². The van der Waals surface area contributed by atoms with Crippen LogP contribution in [0, 0.1) is 0 Å². The van der Waals surface area contributed by atoms with Gasteiger partial charge in [0.15, 0.2) is 0 Å². The first-order valence-electron chi connectivity index (χ1n) is 3.92. The molecule has 0 fully saturated rings. The van der Waals surface area contributed by atoms with Crippen molar-refractivity contribution in [2.75, 3.05) is 0 Å². The Hall–Kier alpha value is 3.12. The number of hydrogen-bond acceptors (Lipinski definition) is 0. The Morgan fingerprint density at radius 1 is 0.938 bits per heavy atom. The van der Waals surface area contributed by atoms with E-state index in [1.54, 1.807) is 0 Å². The van der Waals surface area contributed by atoms with Crippen LogP contribution in [0.5, 0.6) is 0 Å². The Balaban J connectivity index is 2.34. The van der Waals surface area contributed by atoms with Crippen LogP contribution < -0.4 is 0 Å². The van der Waals surface area contributed by atoms with Crippen molar-refractivity contribution in [1.29, 1.82) is 0 Å². The fourth-order valence-electron chi connectivity index (χ4n) is 1.02. The molecule has 0 aromatic carbocycles. The summed E-state index contributed by atoms with van der Waals surface area (Å²) in [5.74, 6) is 0. The Kier molecular flexibility index (Phi) is 7.54. The first-order chi connectivity index (χ1) is 7.82. The molecule has 0 saturated carbocycles. The van der Waals surface area contributed by atoms with Gasteiger partial charge in [-0.2, -0.15) is 0 Å². The third-order valence-electron chi connectivity index (χ3n) is 1.54. The van der Waals surface area contributed by atoms with Gasteiger partial charge in [0, 0.05) is 0 Å². The average Bonchev–Trinajstić information content (AvgIpc) is 2.87. The summed E-state index contributed by atoms with van der Waals surface area (Å²) in [5, 5.41) is 0. The van der Waals surface area contributed by atoms with Crippen LogP contribution in [0.3, 0.4) is 0 Å². The van der Waals surface area contributed by atoms with Gasteiger partial charge in [0.05, 0.1) is 0 Å². The van der Waals surface area contributed by atoms with Gasteiger partial charge in [-0.25, -0.2) is 0 Å². The topological polar surface area (TPSA) is 0 Å². The van der Waals surface area contributed by atoms with E-state index in [1.807, 2.05) is 6.74 Å². The predicted molar refractivity (Wildman–Crippen MR) is 85.6 cm³/mol. The fraction of sp³-hybridized carbons (Fsp3) is 0. The third-order valence-corrected chi connectivity index (χ3v) is 105. The molecule has 8 heteroatoms. The molecule has 0 saturated heterocycles. The molecule has 0 bridgehead atoms. The summed E-state index contributed by atoms with van der Waals surface area (Å²) in [5.41, 5.74) is 8.42. The Bertz CT molecular complexity index is 373. The second-order valence-corrected chi connectivity index (χ2v) is 56.6. The van der Waals surface area contributed by atoms with E-state index in [0.717, 1.165) is 67.5 Å². The summed E-state index contributed by atoms with van der Waals surface area (Å²) < 4.78 is 3.98. The molecule has 0 unspecified atom stereocenters. The average molecular weight is 736 g/mol. The zero-order chi connectivity index (χ0) is 11.4. The van der Waals surface area contributed by atoms with Gasteiger partial charge in [-0.3, -0.25) is 0 Å². The molecular formula is C8H8Se8. The van der Waals surface area contributed by atoms with Crippen LogP contribution in [0.25, 0.3) is 0 Å². The van der Waals surface area contributed by atoms with Crippen LogP contribution in [0.15, 0.2) is 26.6 Å². The first-order valence-corrected chi connectivity index (χ1v) is 31.1. The van der Waals surface area contributed by atoms with Crippen molar-refractivity contribution >= 4 is 113 Å². The summed E-state index contributed by atoms with van der Waals surface area (Å²) in [6.45, 7) is 0.